The maximum absolute atomic E-state index is 12.3. The van der Waals surface area contributed by atoms with Gasteiger partial charge in [-0.05, 0) is 12.8 Å². The standard InChI is InChI=1S/C12H19F3N2O3/c13-12(14,15)8-17(7-11(19)20)6-10(18)16-9-4-2-1-3-5-9/h9H,1-8H2,(H,16,18)(H,19,20). The van der Waals surface area contributed by atoms with Crippen molar-refractivity contribution in [2.24, 2.45) is 0 Å². The molecule has 1 aliphatic carbocycles. The Kier molecular flexibility index (Phi) is 6.25. The summed E-state index contributed by atoms with van der Waals surface area (Å²) in [7, 11) is 0. The number of carbonyl (C=O) groups excluding carboxylic acids is 1. The molecule has 0 aliphatic heterocycles. The van der Waals surface area contributed by atoms with E-state index < -0.39 is 37.7 Å². The summed E-state index contributed by atoms with van der Waals surface area (Å²) in [4.78, 5) is 22.8. The molecule has 1 rings (SSSR count). The summed E-state index contributed by atoms with van der Waals surface area (Å²) in [6.45, 7) is -2.77. The Hall–Kier alpha value is -1.31. The second-order valence-electron chi connectivity index (χ2n) is 5.06. The Balaban J connectivity index is 2.45. The Labute approximate surface area is 115 Å². The summed E-state index contributed by atoms with van der Waals surface area (Å²) in [5, 5.41) is 11.2. The quantitative estimate of drug-likeness (QED) is 0.777. The fourth-order valence-corrected chi connectivity index (χ4v) is 2.34. The molecule has 1 amide bonds. The summed E-state index contributed by atoms with van der Waals surface area (Å²) in [6, 6.07) is -0.00573. The second-order valence-corrected chi connectivity index (χ2v) is 5.06. The van der Waals surface area contributed by atoms with Crippen LogP contribution in [0.1, 0.15) is 32.1 Å². The number of hydrogen-bond acceptors (Lipinski definition) is 3. The van der Waals surface area contributed by atoms with Crippen molar-refractivity contribution in [2.75, 3.05) is 19.6 Å². The smallest absolute Gasteiger partial charge is 0.401 e. The maximum Gasteiger partial charge on any atom is 0.401 e. The number of hydrogen-bond donors (Lipinski definition) is 2. The monoisotopic (exact) mass is 296 g/mol. The minimum absolute atomic E-state index is 0.00573. The SMILES string of the molecule is O=C(O)CN(CC(=O)NC1CCCCC1)CC(F)(F)F. The van der Waals surface area contributed by atoms with Gasteiger partial charge >= 0.3 is 12.1 Å². The molecule has 0 aromatic heterocycles. The molecule has 0 atom stereocenters. The number of rotatable bonds is 6. The van der Waals surface area contributed by atoms with Crippen LogP contribution in [0.4, 0.5) is 13.2 Å². The Morgan fingerprint density at radius 3 is 2.25 bits per heavy atom. The van der Waals surface area contributed by atoms with E-state index in [-0.39, 0.29) is 6.04 Å². The van der Waals surface area contributed by atoms with Gasteiger partial charge in [-0.15, -0.1) is 0 Å². The zero-order chi connectivity index (χ0) is 15.2. The third kappa shape index (κ3) is 7.32. The van der Waals surface area contributed by atoms with Crippen LogP contribution in [0, 0.1) is 0 Å². The zero-order valence-electron chi connectivity index (χ0n) is 11.1. The van der Waals surface area contributed by atoms with Crippen LogP contribution < -0.4 is 5.32 Å². The minimum Gasteiger partial charge on any atom is -0.480 e. The van der Waals surface area contributed by atoms with Crippen molar-refractivity contribution in [2.45, 2.75) is 44.3 Å². The van der Waals surface area contributed by atoms with Gasteiger partial charge in [-0.25, -0.2) is 0 Å². The van der Waals surface area contributed by atoms with Gasteiger partial charge in [0.25, 0.3) is 0 Å². The molecule has 0 aromatic carbocycles. The van der Waals surface area contributed by atoms with Crippen LogP contribution in [-0.2, 0) is 9.59 Å². The lowest BCUT2D eigenvalue weighted by Crippen LogP contribution is -2.46. The first-order valence-electron chi connectivity index (χ1n) is 6.56. The summed E-state index contributed by atoms with van der Waals surface area (Å²) in [6.07, 6.45) is 0.207. The molecule has 0 saturated heterocycles. The van der Waals surface area contributed by atoms with Crippen LogP contribution in [0.3, 0.4) is 0 Å². The van der Waals surface area contributed by atoms with Gasteiger partial charge in [-0.3, -0.25) is 14.5 Å². The largest absolute Gasteiger partial charge is 0.480 e. The van der Waals surface area contributed by atoms with Gasteiger partial charge in [0.2, 0.25) is 5.91 Å². The number of carboxylic acid groups (broad SMARTS) is 1. The number of carboxylic acids is 1. The van der Waals surface area contributed by atoms with E-state index in [0.717, 1.165) is 32.1 Å². The molecule has 0 heterocycles. The Morgan fingerprint density at radius 1 is 1.15 bits per heavy atom. The van der Waals surface area contributed by atoms with Gasteiger partial charge in [0.1, 0.15) is 0 Å². The van der Waals surface area contributed by atoms with Crippen molar-refractivity contribution < 1.29 is 27.9 Å². The molecule has 20 heavy (non-hydrogen) atoms. The van der Waals surface area contributed by atoms with Crippen LogP contribution in [0.25, 0.3) is 0 Å². The predicted octanol–water partition coefficient (Wildman–Crippen LogP) is 1.38. The van der Waals surface area contributed by atoms with Crippen LogP contribution in [-0.4, -0.2) is 53.7 Å². The minimum atomic E-state index is -4.53. The third-order valence-electron chi connectivity index (χ3n) is 3.10. The topological polar surface area (TPSA) is 69.6 Å². The fourth-order valence-electron chi connectivity index (χ4n) is 2.34. The summed E-state index contributed by atoms with van der Waals surface area (Å²) >= 11 is 0. The number of nitrogens with zero attached hydrogens (tertiary/aromatic N) is 1. The Bertz CT molecular complexity index is 341. The number of amides is 1. The summed E-state index contributed by atoms with van der Waals surface area (Å²) in [5.41, 5.74) is 0. The van der Waals surface area contributed by atoms with E-state index in [0.29, 0.717) is 4.90 Å². The van der Waals surface area contributed by atoms with E-state index >= 15 is 0 Å². The molecule has 0 radical (unpaired) electrons. The Morgan fingerprint density at radius 2 is 1.75 bits per heavy atom. The highest BCUT2D eigenvalue weighted by atomic mass is 19.4. The van der Waals surface area contributed by atoms with Gasteiger partial charge in [0, 0.05) is 6.04 Å². The molecule has 0 bridgehead atoms. The van der Waals surface area contributed by atoms with Crippen molar-refractivity contribution >= 4 is 11.9 Å². The average Bonchev–Trinajstić information content (AvgIpc) is 2.26. The number of halogens is 3. The van der Waals surface area contributed by atoms with Crippen molar-refractivity contribution in [3.8, 4) is 0 Å². The van der Waals surface area contributed by atoms with Crippen LogP contribution in [0.5, 0.6) is 0 Å². The molecule has 1 saturated carbocycles. The van der Waals surface area contributed by atoms with Gasteiger partial charge < -0.3 is 10.4 Å². The van der Waals surface area contributed by atoms with E-state index in [9.17, 15) is 22.8 Å². The first kappa shape index (κ1) is 16.7. The van der Waals surface area contributed by atoms with Crippen LogP contribution in [0.15, 0.2) is 0 Å². The normalized spacial score (nSPS) is 17.2. The highest BCUT2D eigenvalue weighted by molar-refractivity contribution is 5.79. The number of alkyl halides is 3. The molecular weight excluding hydrogens is 277 g/mol. The van der Waals surface area contributed by atoms with Crippen molar-refractivity contribution in [1.29, 1.82) is 0 Å². The molecular formula is C12H19F3N2O3. The van der Waals surface area contributed by atoms with Crippen molar-refractivity contribution in [1.82, 2.24) is 10.2 Å². The first-order chi connectivity index (χ1) is 9.26. The number of carbonyl (C=O) groups is 2. The molecule has 2 N–H and O–H groups in total. The number of nitrogens with one attached hydrogen (secondary N) is 1. The van der Waals surface area contributed by atoms with Gasteiger partial charge in [-0.1, -0.05) is 19.3 Å². The van der Waals surface area contributed by atoms with Crippen molar-refractivity contribution in [3.05, 3.63) is 0 Å². The van der Waals surface area contributed by atoms with Crippen LogP contribution >= 0.6 is 0 Å². The first-order valence-corrected chi connectivity index (χ1v) is 6.56. The molecule has 0 spiro atoms. The van der Waals surface area contributed by atoms with E-state index in [1.807, 2.05) is 0 Å². The van der Waals surface area contributed by atoms with E-state index in [2.05, 4.69) is 5.32 Å². The van der Waals surface area contributed by atoms with E-state index in [1.165, 1.54) is 0 Å². The molecule has 1 aliphatic rings. The maximum atomic E-state index is 12.3. The predicted molar refractivity (Wildman–Crippen MR) is 65.1 cm³/mol. The lowest BCUT2D eigenvalue weighted by Gasteiger charge is -2.25. The van der Waals surface area contributed by atoms with Crippen molar-refractivity contribution in [3.63, 3.8) is 0 Å². The summed E-state index contributed by atoms with van der Waals surface area (Å²) in [5.74, 6) is -1.94. The lowest BCUT2D eigenvalue weighted by atomic mass is 9.95. The van der Waals surface area contributed by atoms with Crippen LogP contribution in [0.2, 0.25) is 0 Å². The fraction of sp³-hybridized carbons (Fsp3) is 0.833. The molecule has 5 nitrogen and oxygen atoms in total. The van der Waals surface area contributed by atoms with Gasteiger partial charge in [0.15, 0.2) is 0 Å². The molecule has 1 fully saturated rings. The molecule has 8 heteroatoms. The summed E-state index contributed by atoms with van der Waals surface area (Å²) < 4.78 is 36.9. The highest BCUT2D eigenvalue weighted by Crippen LogP contribution is 2.18. The lowest BCUT2D eigenvalue weighted by molar-refractivity contribution is -0.155. The second kappa shape index (κ2) is 7.47. The molecule has 0 unspecified atom stereocenters. The zero-order valence-corrected chi connectivity index (χ0v) is 11.1. The molecule has 116 valence electrons. The average molecular weight is 296 g/mol. The third-order valence-corrected chi connectivity index (χ3v) is 3.10. The van der Waals surface area contributed by atoms with E-state index in [4.69, 9.17) is 5.11 Å². The van der Waals surface area contributed by atoms with Gasteiger partial charge in [-0.2, -0.15) is 13.2 Å². The molecule has 0 aromatic rings. The highest BCUT2D eigenvalue weighted by Gasteiger charge is 2.32. The number of aliphatic carboxylic acids is 1. The van der Waals surface area contributed by atoms with E-state index in [1.54, 1.807) is 0 Å². The van der Waals surface area contributed by atoms with Gasteiger partial charge in [0.05, 0.1) is 19.6 Å².